The Bertz CT molecular complexity index is 378. The zero-order valence-corrected chi connectivity index (χ0v) is 8.04. The van der Waals surface area contributed by atoms with Gasteiger partial charge in [-0.05, 0) is 18.6 Å². The molecule has 0 bridgehead atoms. The maximum absolute atomic E-state index is 10.9. The number of benzene rings is 1. The lowest BCUT2D eigenvalue weighted by atomic mass is 10.1. The second kappa shape index (κ2) is 3.63. The van der Waals surface area contributed by atoms with Gasteiger partial charge in [0.15, 0.2) is 0 Å². The van der Waals surface area contributed by atoms with E-state index < -0.39 is 10.8 Å². The van der Waals surface area contributed by atoms with Crippen molar-refractivity contribution in [3.05, 3.63) is 38.4 Å². The molecule has 2 N–H and O–H groups in total. The number of carbonyl (C=O) groups is 1. The summed E-state index contributed by atoms with van der Waals surface area (Å²) < 4.78 is 0. The first-order valence-electron chi connectivity index (χ1n) is 3.68. The summed E-state index contributed by atoms with van der Waals surface area (Å²) in [6.45, 7) is 1.64. The zero-order valence-electron chi connectivity index (χ0n) is 7.28. The third kappa shape index (κ3) is 1.82. The molecule has 0 aliphatic rings. The lowest BCUT2D eigenvalue weighted by molar-refractivity contribution is -0.385. The molecule has 0 fully saturated rings. The predicted octanol–water partition coefficient (Wildman–Crippen LogP) is 1.66. The second-order valence-corrected chi connectivity index (χ2v) is 3.15. The number of rotatable bonds is 2. The number of nitro benzene ring substituents is 1. The monoisotopic (exact) mass is 214 g/mol. The molecule has 0 radical (unpaired) electrons. The fourth-order valence-corrected chi connectivity index (χ4v) is 1.18. The highest BCUT2D eigenvalue weighted by Crippen LogP contribution is 2.26. The van der Waals surface area contributed by atoms with Crippen molar-refractivity contribution < 1.29 is 9.72 Å². The Labute approximate surface area is 84.6 Å². The molecule has 0 saturated carbocycles. The zero-order chi connectivity index (χ0) is 10.9. The molecule has 0 saturated heterocycles. The third-order valence-corrected chi connectivity index (χ3v) is 2.15. The summed E-state index contributed by atoms with van der Waals surface area (Å²) in [7, 11) is 0. The molecule has 0 aliphatic carbocycles. The third-order valence-electron chi connectivity index (χ3n) is 1.74. The highest BCUT2D eigenvalue weighted by molar-refractivity contribution is 6.31. The predicted molar refractivity (Wildman–Crippen MR) is 51.4 cm³/mol. The number of nitro groups is 1. The summed E-state index contributed by atoms with van der Waals surface area (Å²) in [5.41, 5.74) is 5.06. The minimum atomic E-state index is -0.837. The van der Waals surface area contributed by atoms with Crippen LogP contribution in [0.15, 0.2) is 12.1 Å². The summed E-state index contributed by atoms with van der Waals surface area (Å²) >= 11 is 5.68. The highest BCUT2D eigenvalue weighted by atomic mass is 35.5. The van der Waals surface area contributed by atoms with Gasteiger partial charge in [0.1, 0.15) is 5.56 Å². The maximum atomic E-state index is 10.9. The smallest absolute Gasteiger partial charge is 0.283 e. The number of primary amides is 1. The summed E-state index contributed by atoms with van der Waals surface area (Å²) in [4.78, 5) is 20.7. The van der Waals surface area contributed by atoms with Crippen molar-refractivity contribution in [3.63, 3.8) is 0 Å². The average molecular weight is 215 g/mol. The maximum Gasteiger partial charge on any atom is 0.283 e. The van der Waals surface area contributed by atoms with Crippen molar-refractivity contribution >= 4 is 23.2 Å². The minimum Gasteiger partial charge on any atom is -0.365 e. The van der Waals surface area contributed by atoms with Gasteiger partial charge in [-0.2, -0.15) is 0 Å². The highest BCUT2D eigenvalue weighted by Gasteiger charge is 2.19. The molecule has 0 aromatic heterocycles. The lowest BCUT2D eigenvalue weighted by Crippen LogP contribution is -2.13. The fourth-order valence-electron chi connectivity index (χ4n) is 1.02. The SMILES string of the molecule is Cc1cc(C(N)=O)c([N+](=O)[O-])cc1Cl. The molecule has 1 amide bonds. The van der Waals surface area contributed by atoms with Crippen molar-refractivity contribution in [1.29, 1.82) is 0 Å². The van der Waals surface area contributed by atoms with Gasteiger partial charge >= 0.3 is 0 Å². The Balaban J connectivity index is 3.46. The molecule has 0 heterocycles. The summed E-state index contributed by atoms with van der Waals surface area (Å²) in [6, 6.07) is 2.43. The molecular formula is C8H7ClN2O3. The van der Waals surface area contributed by atoms with Crippen molar-refractivity contribution in [3.8, 4) is 0 Å². The number of amides is 1. The molecule has 0 spiro atoms. The van der Waals surface area contributed by atoms with Gasteiger partial charge in [-0.25, -0.2) is 0 Å². The van der Waals surface area contributed by atoms with E-state index in [-0.39, 0.29) is 16.3 Å². The van der Waals surface area contributed by atoms with E-state index >= 15 is 0 Å². The molecule has 1 aromatic carbocycles. The van der Waals surface area contributed by atoms with Gasteiger partial charge in [-0.15, -0.1) is 0 Å². The largest absolute Gasteiger partial charge is 0.365 e. The quantitative estimate of drug-likeness (QED) is 0.600. The van der Waals surface area contributed by atoms with Crippen LogP contribution in [0, 0.1) is 17.0 Å². The first-order valence-corrected chi connectivity index (χ1v) is 4.05. The number of carbonyl (C=O) groups excluding carboxylic acids is 1. The molecule has 74 valence electrons. The van der Waals surface area contributed by atoms with Crippen LogP contribution in [0.2, 0.25) is 5.02 Å². The van der Waals surface area contributed by atoms with Crippen LogP contribution in [0.1, 0.15) is 15.9 Å². The van der Waals surface area contributed by atoms with Crippen molar-refractivity contribution in [2.45, 2.75) is 6.92 Å². The molecule has 14 heavy (non-hydrogen) atoms. The van der Waals surface area contributed by atoms with E-state index in [2.05, 4.69) is 0 Å². The van der Waals surface area contributed by atoms with Crippen LogP contribution in [0.3, 0.4) is 0 Å². The number of nitrogens with zero attached hydrogens (tertiary/aromatic N) is 1. The Morgan fingerprint density at radius 2 is 2.14 bits per heavy atom. The van der Waals surface area contributed by atoms with E-state index in [0.717, 1.165) is 6.07 Å². The summed E-state index contributed by atoms with van der Waals surface area (Å²) in [6.07, 6.45) is 0. The molecule has 0 unspecified atom stereocenters. The van der Waals surface area contributed by atoms with Crippen LogP contribution in [-0.4, -0.2) is 10.8 Å². The lowest BCUT2D eigenvalue weighted by Gasteiger charge is -2.02. The normalized spacial score (nSPS) is 9.86. The first-order chi connectivity index (χ1) is 6.43. The second-order valence-electron chi connectivity index (χ2n) is 2.74. The van der Waals surface area contributed by atoms with E-state index in [9.17, 15) is 14.9 Å². The van der Waals surface area contributed by atoms with E-state index in [1.165, 1.54) is 6.07 Å². The van der Waals surface area contributed by atoms with E-state index in [1.807, 2.05) is 0 Å². The van der Waals surface area contributed by atoms with Gasteiger partial charge in [-0.3, -0.25) is 14.9 Å². The van der Waals surface area contributed by atoms with E-state index in [1.54, 1.807) is 6.92 Å². The Morgan fingerprint density at radius 1 is 1.57 bits per heavy atom. The molecule has 1 aromatic rings. The van der Waals surface area contributed by atoms with Crippen LogP contribution in [-0.2, 0) is 0 Å². The van der Waals surface area contributed by atoms with Gasteiger partial charge in [-0.1, -0.05) is 11.6 Å². The van der Waals surface area contributed by atoms with Crippen LogP contribution in [0.5, 0.6) is 0 Å². The number of halogens is 1. The molecule has 0 aliphatic heterocycles. The number of hydrogen-bond donors (Lipinski definition) is 1. The molecule has 6 heteroatoms. The summed E-state index contributed by atoms with van der Waals surface area (Å²) in [5, 5.41) is 10.8. The van der Waals surface area contributed by atoms with Gasteiger partial charge in [0.2, 0.25) is 0 Å². The van der Waals surface area contributed by atoms with Crippen LogP contribution >= 0.6 is 11.6 Å². The molecular weight excluding hydrogens is 208 g/mol. The van der Waals surface area contributed by atoms with Crippen LogP contribution in [0.25, 0.3) is 0 Å². The minimum absolute atomic E-state index is 0.128. The van der Waals surface area contributed by atoms with Gasteiger partial charge < -0.3 is 5.73 Å². The number of aryl methyl sites for hydroxylation is 1. The standard InChI is InChI=1S/C8H7ClN2O3/c1-4-2-5(8(10)12)7(11(13)14)3-6(4)9/h2-3H,1H3,(H2,10,12). The topological polar surface area (TPSA) is 86.2 Å². The van der Waals surface area contributed by atoms with Crippen LogP contribution in [0.4, 0.5) is 5.69 Å². The van der Waals surface area contributed by atoms with Crippen LogP contribution < -0.4 is 5.73 Å². The Hall–Kier alpha value is -1.62. The van der Waals surface area contributed by atoms with Crippen molar-refractivity contribution in [2.24, 2.45) is 5.73 Å². The molecule has 5 nitrogen and oxygen atoms in total. The van der Waals surface area contributed by atoms with Gasteiger partial charge in [0.25, 0.3) is 11.6 Å². The average Bonchev–Trinajstić information content (AvgIpc) is 2.08. The number of nitrogens with two attached hydrogens (primary N) is 1. The van der Waals surface area contributed by atoms with Gasteiger partial charge in [0.05, 0.1) is 9.95 Å². The summed E-state index contributed by atoms with van der Waals surface area (Å²) in [5.74, 6) is -0.837. The van der Waals surface area contributed by atoms with Crippen molar-refractivity contribution in [1.82, 2.24) is 0 Å². The van der Waals surface area contributed by atoms with Gasteiger partial charge in [0, 0.05) is 6.07 Å². The molecule has 0 atom stereocenters. The van der Waals surface area contributed by atoms with E-state index in [4.69, 9.17) is 17.3 Å². The molecule has 1 rings (SSSR count). The van der Waals surface area contributed by atoms with E-state index in [0.29, 0.717) is 5.56 Å². The Morgan fingerprint density at radius 3 is 2.57 bits per heavy atom. The fraction of sp³-hybridized carbons (Fsp3) is 0.125. The number of hydrogen-bond acceptors (Lipinski definition) is 3. The van der Waals surface area contributed by atoms with Crippen molar-refractivity contribution in [2.75, 3.05) is 0 Å². The first kappa shape index (κ1) is 10.5. The Kier molecular flexibility index (Phi) is 2.71.